The molecular formula is C9H13F2OTi. The molecule has 0 heterocycles. The van der Waals surface area contributed by atoms with Gasteiger partial charge in [-0.1, -0.05) is 6.08 Å². The third-order valence-corrected chi connectivity index (χ3v) is 1.11. The van der Waals surface area contributed by atoms with Crippen LogP contribution in [0.3, 0.4) is 0 Å². The maximum absolute atomic E-state index is 9.75. The van der Waals surface area contributed by atoms with Crippen LogP contribution in [0.4, 0.5) is 6.18 Å². The molecule has 0 bridgehead atoms. The summed E-state index contributed by atoms with van der Waals surface area (Å²) in [7, 11) is 1.00. The second-order valence-electron chi connectivity index (χ2n) is 1.86. The van der Waals surface area contributed by atoms with Gasteiger partial charge in [0.1, 0.15) is 0 Å². The van der Waals surface area contributed by atoms with Gasteiger partial charge in [0.05, 0.1) is 0 Å². The SMILES string of the molecule is C=CC[C]1[CH][CH][CH][CH]1.CO.[F][Ti][F]. The quantitative estimate of drug-likeness (QED) is 0.563. The molecule has 1 rings (SSSR count). The molecule has 4 heteroatoms. The Hall–Kier alpha value is 0.274. The molecule has 1 N–H and O–H groups in total. The zero-order valence-corrected chi connectivity index (χ0v) is 9.07. The van der Waals surface area contributed by atoms with Gasteiger partial charge in [-0.15, -0.1) is 6.58 Å². The minimum absolute atomic E-state index is 0.993. The van der Waals surface area contributed by atoms with E-state index in [0.717, 1.165) is 13.5 Å². The van der Waals surface area contributed by atoms with E-state index in [4.69, 9.17) is 5.11 Å². The van der Waals surface area contributed by atoms with E-state index >= 15 is 0 Å². The van der Waals surface area contributed by atoms with Crippen molar-refractivity contribution in [2.24, 2.45) is 0 Å². The first-order chi connectivity index (χ1) is 6.35. The Kier molecular flexibility index (Phi) is 17.9. The van der Waals surface area contributed by atoms with Gasteiger partial charge in [0, 0.05) is 7.11 Å². The van der Waals surface area contributed by atoms with Crippen LogP contribution in [0.25, 0.3) is 0 Å². The van der Waals surface area contributed by atoms with Crippen molar-refractivity contribution < 1.29 is 31.5 Å². The molecule has 0 aromatic rings. The van der Waals surface area contributed by atoms with Crippen molar-refractivity contribution in [3.8, 4) is 0 Å². The number of rotatable bonds is 2. The molecule has 0 atom stereocenters. The van der Waals surface area contributed by atoms with E-state index < -0.39 is 20.2 Å². The summed E-state index contributed by atoms with van der Waals surface area (Å²) in [4.78, 5) is 0. The summed E-state index contributed by atoms with van der Waals surface area (Å²) in [5.74, 6) is 1.35. The molecular weight excluding hydrogens is 210 g/mol. The normalized spacial score (nSPS) is 14.8. The van der Waals surface area contributed by atoms with Crippen molar-refractivity contribution in [1.29, 1.82) is 0 Å². The van der Waals surface area contributed by atoms with Gasteiger partial charge in [0.15, 0.2) is 0 Å². The third-order valence-electron chi connectivity index (χ3n) is 1.11. The fraction of sp³-hybridized carbons (Fsp3) is 0.222. The molecule has 1 aliphatic rings. The molecule has 1 nitrogen and oxygen atoms in total. The average molecular weight is 223 g/mol. The van der Waals surface area contributed by atoms with Gasteiger partial charge in [-0.2, -0.15) is 0 Å². The molecule has 0 aromatic carbocycles. The Bertz CT molecular complexity index is 95.6. The van der Waals surface area contributed by atoms with Crippen molar-refractivity contribution in [3.05, 3.63) is 44.3 Å². The molecule has 0 unspecified atom stereocenters. The molecule has 1 aliphatic carbocycles. The van der Waals surface area contributed by atoms with E-state index in [1.807, 2.05) is 18.9 Å². The molecule has 5 radical (unpaired) electrons. The summed E-state index contributed by atoms with van der Waals surface area (Å²) >= 11 is -2.50. The topological polar surface area (TPSA) is 20.2 Å². The number of aliphatic hydroxyl groups excluding tert-OH is 1. The van der Waals surface area contributed by atoms with Crippen LogP contribution < -0.4 is 0 Å². The van der Waals surface area contributed by atoms with E-state index in [1.165, 1.54) is 5.92 Å². The second kappa shape index (κ2) is 14.8. The van der Waals surface area contributed by atoms with Gasteiger partial charge in [0.25, 0.3) is 0 Å². The van der Waals surface area contributed by atoms with Crippen molar-refractivity contribution in [2.45, 2.75) is 6.42 Å². The Morgan fingerprint density at radius 1 is 1.38 bits per heavy atom. The summed E-state index contributed by atoms with van der Waals surface area (Å²) < 4.78 is 19.5. The Labute approximate surface area is 89.5 Å². The summed E-state index contributed by atoms with van der Waals surface area (Å²) in [6.07, 6.45) is 11.2. The molecule has 0 spiro atoms. The van der Waals surface area contributed by atoms with Gasteiger partial charge in [-0.25, -0.2) is 0 Å². The zero-order chi connectivity index (χ0) is 10.5. The zero-order valence-electron chi connectivity index (χ0n) is 7.50. The van der Waals surface area contributed by atoms with Crippen LogP contribution in [-0.2, 0) is 20.2 Å². The first-order valence-electron chi connectivity index (χ1n) is 3.57. The van der Waals surface area contributed by atoms with Crippen molar-refractivity contribution in [1.82, 2.24) is 0 Å². The molecule has 1 fully saturated rings. The summed E-state index contributed by atoms with van der Waals surface area (Å²) in [5.41, 5.74) is 0. The van der Waals surface area contributed by atoms with Crippen LogP contribution in [0.1, 0.15) is 6.42 Å². The average Bonchev–Trinajstić information content (AvgIpc) is 2.63. The molecule has 1 saturated carbocycles. The second-order valence-corrected chi connectivity index (χ2v) is 2.08. The minimum atomic E-state index is -2.50. The number of aliphatic hydroxyl groups is 1. The number of hydrogen-bond donors (Lipinski definition) is 1. The van der Waals surface area contributed by atoms with Crippen molar-refractivity contribution >= 4 is 0 Å². The predicted octanol–water partition coefficient (Wildman–Crippen LogP) is 2.41. The van der Waals surface area contributed by atoms with Gasteiger partial charge in [-0.3, -0.25) is 0 Å². The van der Waals surface area contributed by atoms with Crippen LogP contribution in [-0.4, -0.2) is 12.2 Å². The van der Waals surface area contributed by atoms with Gasteiger partial charge >= 0.3 is 26.4 Å². The van der Waals surface area contributed by atoms with Gasteiger partial charge < -0.3 is 5.11 Å². The monoisotopic (exact) mass is 223 g/mol. The maximum atomic E-state index is 9.75. The number of halogens is 2. The first-order valence-corrected chi connectivity index (χ1v) is 4.75. The van der Waals surface area contributed by atoms with Gasteiger partial charge in [0.2, 0.25) is 0 Å². The Morgan fingerprint density at radius 3 is 2.08 bits per heavy atom. The Morgan fingerprint density at radius 2 is 1.77 bits per heavy atom. The van der Waals surface area contributed by atoms with Crippen LogP contribution in [0, 0.1) is 31.6 Å². The van der Waals surface area contributed by atoms with Crippen LogP contribution in [0.5, 0.6) is 0 Å². The van der Waals surface area contributed by atoms with Crippen molar-refractivity contribution in [2.75, 3.05) is 7.11 Å². The van der Waals surface area contributed by atoms with Crippen molar-refractivity contribution in [3.63, 3.8) is 0 Å². The van der Waals surface area contributed by atoms with E-state index in [2.05, 4.69) is 19.4 Å². The summed E-state index contributed by atoms with van der Waals surface area (Å²) in [6, 6.07) is 0. The fourth-order valence-corrected chi connectivity index (χ4v) is 0.717. The molecule has 0 aromatic heterocycles. The molecule has 73 valence electrons. The summed E-state index contributed by atoms with van der Waals surface area (Å²) in [6.45, 7) is 3.64. The molecule has 0 amide bonds. The van der Waals surface area contributed by atoms with Crippen LogP contribution >= 0.6 is 0 Å². The predicted molar refractivity (Wildman–Crippen MR) is 45.6 cm³/mol. The number of allylic oxidation sites excluding steroid dienone is 1. The molecule has 0 aliphatic heterocycles. The standard InChI is InChI=1S/C8H9.CH4O.2FH.Ti/c1-2-5-8-6-3-4-7-8;1-2;;;/h2-4,6-7H,1,5H2;2H,1H3;2*1H;/q;;;;+2/p-2. The Balaban J connectivity index is 0. The van der Waals surface area contributed by atoms with Crippen LogP contribution in [0.2, 0.25) is 0 Å². The third kappa shape index (κ3) is 12.3. The summed E-state index contributed by atoms with van der Waals surface area (Å²) in [5, 5.41) is 7.00. The van der Waals surface area contributed by atoms with Gasteiger partial charge in [-0.05, 0) is 38.0 Å². The van der Waals surface area contributed by atoms with Crippen LogP contribution in [0.15, 0.2) is 12.7 Å². The molecule has 0 saturated heterocycles. The van der Waals surface area contributed by atoms with E-state index in [0.29, 0.717) is 0 Å². The first kappa shape index (κ1) is 15.7. The van der Waals surface area contributed by atoms with E-state index in [9.17, 15) is 6.18 Å². The van der Waals surface area contributed by atoms with E-state index in [-0.39, 0.29) is 0 Å². The van der Waals surface area contributed by atoms with E-state index in [1.54, 1.807) is 0 Å². The number of hydrogen-bond acceptors (Lipinski definition) is 1. The molecule has 13 heavy (non-hydrogen) atoms. The fourth-order valence-electron chi connectivity index (χ4n) is 0.717.